The second-order valence-electron chi connectivity index (χ2n) is 9.00. The van der Waals surface area contributed by atoms with Crippen LogP contribution in [-0.2, 0) is 4.79 Å². The van der Waals surface area contributed by atoms with E-state index in [2.05, 4.69) is 6.92 Å². The SMILES string of the molecule is CCCCCCCCCCCCCCCCCC(=O)[N+](C)(C)CCCCN. The number of unbranched alkanes of at least 4 members (excludes halogenated alkanes) is 15. The van der Waals surface area contributed by atoms with E-state index in [1.54, 1.807) is 0 Å². The van der Waals surface area contributed by atoms with Crippen LogP contribution in [-0.4, -0.2) is 37.6 Å². The Balaban J connectivity index is 3.34. The first-order valence-corrected chi connectivity index (χ1v) is 12.1. The van der Waals surface area contributed by atoms with Gasteiger partial charge in [0, 0.05) is 0 Å². The van der Waals surface area contributed by atoms with Gasteiger partial charge >= 0.3 is 5.91 Å². The largest absolute Gasteiger partial charge is 0.330 e. The summed E-state index contributed by atoms with van der Waals surface area (Å²) in [5.74, 6) is 0.390. The van der Waals surface area contributed by atoms with Crippen LogP contribution in [0.1, 0.15) is 122 Å². The van der Waals surface area contributed by atoms with Gasteiger partial charge in [0.15, 0.2) is 0 Å². The van der Waals surface area contributed by atoms with Crippen molar-refractivity contribution in [1.82, 2.24) is 0 Å². The molecule has 0 aromatic rings. The number of carbonyl (C=O) groups is 1. The Morgan fingerprint density at radius 2 is 1.04 bits per heavy atom. The molecule has 0 heterocycles. The van der Waals surface area contributed by atoms with E-state index in [0.717, 1.165) is 38.8 Å². The third-order valence-electron chi connectivity index (χ3n) is 5.84. The van der Waals surface area contributed by atoms with Crippen molar-refractivity contribution >= 4 is 5.91 Å². The van der Waals surface area contributed by atoms with Crippen molar-refractivity contribution in [3.05, 3.63) is 0 Å². The summed E-state index contributed by atoms with van der Waals surface area (Å²) in [7, 11) is 4.09. The van der Waals surface area contributed by atoms with Crippen molar-refractivity contribution in [2.24, 2.45) is 5.73 Å². The molecule has 0 fully saturated rings. The fourth-order valence-corrected chi connectivity index (χ4v) is 3.73. The monoisotopic (exact) mass is 383 g/mol. The minimum atomic E-state index is 0.390. The highest BCUT2D eigenvalue weighted by molar-refractivity contribution is 5.68. The molecule has 0 unspecified atom stereocenters. The van der Waals surface area contributed by atoms with Gasteiger partial charge in [-0.05, 0) is 25.8 Å². The van der Waals surface area contributed by atoms with E-state index in [4.69, 9.17) is 5.73 Å². The molecule has 0 rings (SSSR count). The molecule has 0 saturated heterocycles. The van der Waals surface area contributed by atoms with Gasteiger partial charge in [0.2, 0.25) is 0 Å². The average molecular weight is 384 g/mol. The molecule has 0 aliphatic heterocycles. The number of rotatable bonds is 20. The minimum Gasteiger partial charge on any atom is -0.330 e. The Hall–Kier alpha value is -0.410. The van der Waals surface area contributed by atoms with Gasteiger partial charge in [-0.2, -0.15) is 0 Å². The van der Waals surface area contributed by atoms with Crippen molar-refractivity contribution in [2.45, 2.75) is 122 Å². The number of carbonyl (C=O) groups excluding carboxylic acids is 1. The van der Waals surface area contributed by atoms with E-state index in [1.165, 1.54) is 89.9 Å². The molecule has 0 aliphatic carbocycles. The third-order valence-corrected chi connectivity index (χ3v) is 5.84. The molecule has 162 valence electrons. The maximum atomic E-state index is 12.3. The van der Waals surface area contributed by atoms with Crippen LogP contribution >= 0.6 is 0 Å². The van der Waals surface area contributed by atoms with Crippen molar-refractivity contribution in [2.75, 3.05) is 27.2 Å². The lowest BCUT2D eigenvalue weighted by Gasteiger charge is -2.26. The van der Waals surface area contributed by atoms with Crippen LogP contribution in [0.2, 0.25) is 0 Å². The van der Waals surface area contributed by atoms with Gasteiger partial charge in [-0.25, -0.2) is 4.79 Å². The Morgan fingerprint density at radius 1 is 0.630 bits per heavy atom. The highest BCUT2D eigenvalue weighted by Gasteiger charge is 2.24. The Labute approximate surface area is 171 Å². The van der Waals surface area contributed by atoms with Crippen molar-refractivity contribution < 1.29 is 9.28 Å². The lowest BCUT2D eigenvalue weighted by atomic mass is 10.0. The molecule has 0 radical (unpaired) electrons. The Bertz CT molecular complexity index is 328. The van der Waals surface area contributed by atoms with Crippen LogP contribution in [0.3, 0.4) is 0 Å². The van der Waals surface area contributed by atoms with Crippen molar-refractivity contribution in [3.63, 3.8) is 0 Å². The molecule has 3 heteroatoms. The lowest BCUT2D eigenvalue weighted by molar-refractivity contribution is -0.814. The standard InChI is InChI=1S/C24H51N2O/c1-4-5-6-7-8-9-10-11-12-13-14-15-16-17-18-21-24(27)26(2,3)23-20-19-22-25/h4-23,25H2,1-3H3/q+1. The smallest absolute Gasteiger partial charge is 0.313 e. The van der Waals surface area contributed by atoms with E-state index < -0.39 is 0 Å². The number of nitrogens with zero attached hydrogens (tertiary/aromatic N) is 1. The van der Waals surface area contributed by atoms with Gasteiger partial charge in [-0.3, -0.25) is 4.48 Å². The second kappa shape index (κ2) is 18.9. The maximum absolute atomic E-state index is 12.3. The molecule has 1 amide bonds. The molecule has 0 aliphatic rings. The van der Waals surface area contributed by atoms with Crippen molar-refractivity contribution in [1.29, 1.82) is 0 Å². The van der Waals surface area contributed by atoms with E-state index in [0.29, 0.717) is 10.4 Å². The fraction of sp³-hybridized carbons (Fsp3) is 0.958. The molecule has 0 spiro atoms. The summed E-state index contributed by atoms with van der Waals surface area (Å²) < 4.78 is 0.526. The van der Waals surface area contributed by atoms with Gasteiger partial charge in [-0.1, -0.05) is 96.8 Å². The molecule has 0 aromatic carbocycles. The highest BCUT2D eigenvalue weighted by atomic mass is 16.2. The number of nitrogens with two attached hydrogens (primary N) is 1. The number of amides is 1. The highest BCUT2D eigenvalue weighted by Crippen LogP contribution is 2.14. The summed E-state index contributed by atoms with van der Waals surface area (Å²) in [5.41, 5.74) is 5.54. The zero-order chi connectivity index (χ0) is 20.2. The van der Waals surface area contributed by atoms with Crippen LogP contribution in [0.4, 0.5) is 0 Å². The van der Waals surface area contributed by atoms with E-state index in [1.807, 2.05) is 14.1 Å². The zero-order valence-electron chi connectivity index (χ0n) is 19.1. The summed E-state index contributed by atoms with van der Waals surface area (Å²) in [6, 6.07) is 0. The van der Waals surface area contributed by atoms with Crippen LogP contribution in [0.15, 0.2) is 0 Å². The summed E-state index contributed by atoms with van der Waals surface area (Å²) >= 11 is 0. The lowest BCUT2D eigenvalue weighted by Crippen LogP contribution is -2.46. The molecule has 0 saturated carbocycles. The fourth-order valence-electron chi connectivity index (χ4n) is 3.73. The summed E-state index contributed by atoms with van der Waals surface area (Å²) in [5, 5.41) is 0. The van der Waals surface area contributed by atoms with E-state index >= 15 is 0 Å². The summed E-state index contributed by atoms with van der Waals surface area (Å²) in [6.07, 6.45) is 23.3. The molecule has 3 nitrogen and oxygen atoms in total. The first kappa shape index (κ1) is 26.6. The van der Waals surface area contributed by atoms with Gasteiger partial charge < -0.3 is 5.73 Å². The van der Waals surface area contributed by atoms with Gasteiger partial charge in [0.25, 0.3) is 0 Å². The van der Waals surface area contributed by atoms with Crippen LogP contribution in [0, 0.1) is 0 Å². The van der Waals surface area contributed by atoms with E-state index in [-0.39, 0.29) is 0 Å². The Kier molecular flexibility index (Phi) is 18.6. The molecule has 0 atom stereocenters. The van der Waals surface area contributed by atoms with Gasteiger partial charge in [-0.15, -0.1) is 0 Å². The molecule has 2 N–H and O–H groups in total. The van der Waals surface area contributed by atoms with Crippen LogP contribution in [0.5, 0.6) is 0 Å². The zero-order valence-corrected chi connectivity index (χ0v) is 19.1. The second-order valence-corrected chi connectivity index (χ2v) is 9.00. The predicted octanol–water partition coefficient (Wildman–Crippen LogP) is 6.59. The molecular weight excluding hydrogens is 332 g/mol. The number of hydrogen-bond donors (Lipinski definition) is 1. The molecule has 0 aromatic heterocycles. The van der Waals surface area contributed by atoms with Crippen LogP contribution in [0.25, 0.3) is 0 Å². The maximum Gasteiger partial charge on any atom is 0.313 e. The summed E-state index contributed by atoms with van der Waals surface area (Å²) in [6.45, 7) is 3.94. The van der Waals surface area contributed by atoms with E-state index in [9.17, 15) is 4.79 Å². The Morgan fingerprint density at radius 3 is 1.44 bits per heavy atom. The van der Waals surface area contributed by atoms with Crippen LogP contribution < -0.4 is 5.73 Å². The number of hydrogen-bond acceptors (Lipinski definition) is 2. The molecule has 27 heavy (non-hydrogen) atoms. The predicted molar refractivity (Wildman–Crippen MR) is 120 cm³/mol. The van der Waals surface area contributed by atoms with Gasteiger partial charge in [0.1, 0.15) is 0 Å². The number of quaternary nitrogens is 1. The van der Waals surface area contributed by atoms with Crippen molar-refractivity contribution in [3.8, 4) is 0 Å². The normalized spacial score (nSPS) is 11.9. The topological polar surface area (TPSA) is 43.1 Å². The molecule has 0 bridgehead atoms. The first-order valence-electron chi connectivity index (χ1n) is 12.1. The third kappa shape index (κ3) is 17.4. The first-order chi connectivity index (χ1) is 13.0. The average Bonchev–Trinajstić information content (AvgIpc) is 2.64. The minimum absolute atomic E-state index is 0.390. The molecular formula is C24H51N2O+. The quantitative estimate of drug-likeness (QED) is 0.190. The van der Waals surface area contributed by atoms with Gasteiger partial charge in [0.05, 0.1) is 27.1 Å². The summed E-state index contributed by atoms with van der Waals surface area (Å²) in [4.78, 5) is 12.3.